The van der Waals surface area contributed by atoms with E-state index in [1.54, 1.807) is 19.1 Å². The Bertz CT molecular complexity index is 509. The number of carbonyl (C=O) groups excluding carboxylic acids is 1. The maximum atomic E-state index is 12.9. The molecule has 0 aliphatic heterocycles. The first kappa shape index (κ1) is 19.3. The molecule has 0 aliphatic rings. The molecule has 1 atom stereocenters. The molecule has 0 unspecified atom stereocenters. The second kappa shape index (κ2) is 8.75. The minimum atomic E-state index is -4.85. The molecule has 2 nitrogen and oxygen atoms in total. The normalized spacial score (nSPS) is 13.5. The molecule has 1 rings (SSSR count). The van der Waals surface area contributed by atoms with Crippen molar-refractivity contribution in [2.45, 2.75) is 45.8 Å². The van der Waals surface area contributed by atoms with Crippen molar-refractivity contribution >= 4 is 5.91 Å². The van der Waals surface area contributed by atoms with Crippen molar-refractivity contribution in [2.75, 3.05) is 6.54 Å². The molecule has 0 N–H and O–H groups in total. The first-order valence-corrected chi connectivity index (χ1v) is 7.80. The van der Waals surface area contributed by atoms with Crippen LogP contribution in [-0.2, 0) is 11.2 Å². The molecule has 0 bridgehead atoms. The fourth-order valence-corrected chi connectivity index (χ4v) is 2.49. The van der Waals surface area contributed by atoms with Gasteiger partial charge in [0, 0.05) is 6.54 Å². The molecule has 0 fully saturated rings. The summed E-state index contributed by atoms with van der Waals surface area (Å²) in [5.41, 5.74) is 0.913. The lowest BCUT2D eigenvalue weighted by Crippen LogP contribution is -2.47. The van der Waals surface area contributed by atoms with Gasteiger partial charge in [0.05, 0.1) is 6.04 Å². The van der Waals surface area contributed by atoms with E-state index >= 15 is 0 Å². The van der Waals surface area contributed by atoms with E-state index in [2.05, 4.69) is 0 Å². The van der Waals surface area contributed by atoms with Crippen LogP contribution in [0.2, 0.25) is 0 Å². The molecular weight excluding hydrogens is 303 g/mol. The van der Waals surface area contributed by atoms with Crippen LogP contribution in [-0.4, -0.2) is 29.6 Å². The van der Waals surface area contributed by atoms with Crippen molar-refractivity contribution in [3.05, 3.63) is 48.0 Å². The van der Waals surface area contributed by atoms with Crippen molar-refractivity contribution in [1.29, 1.82) is 0 Å². The number of halogens is 3. The van der Waals surface area contributed by atoms with Gasteiger partial charge in [0.2, 0.25) is 0 Å². The molecule has 0 saturated heterocycles. The highest BCUT2D eigenvalue weighted by molar-refractivity contribution is 5.82. The average molecular weight is 327 g/mol. The van der Waals surface area contributed by atoms with Gasteiger partial charge in [-0.1, -0.05) is 56.3 Å². The highest BCUT2D eigenvalue weighted by Crippen LogP contribution is 2.23. The van der Waals surface area contributed by atoms with Crippen LogP contribution in [0.5, 0.6) is 0 Å². The largest absolute Gasteiger partial charge is 0.471 e. The topological polar surface area (TPSA) is 20.3 Å². The number of carbonyl (C=O) groups is 1. The Morgan fingerprint density at radius 3 is 2.30 bits per heavy atom. The number of nitrogens with zero attached hydrogens (tertiary/aromatic N) is 1. The van der Waals surface area contributed by atoms with Crippen molar-refractivity contribution in [1.82, 2.24) is 4.90 Å². The van der Waals surface area contributed by atoms with Gasteiger partial charge in [-0.05, 0) is 31.2 Å². The van der Waals surface area contributed by atoms with Crippen LogP contribution in [0.25, 0.3) is 0 Å². The summed E-state index contributed by atoms with van der Waals surface area (Å²) in [5.74, 6) is -1.58. The van der Waals surface area contributed by atoms with E-state index in [9.17, 15) is 18.0 Å². The van der Waals surface area contributed by atoms with Crippen molar-refractivity contribution < 1.29 is 18.0 Å². The SMILES string of the molecule is C/C=C/[C@@H](CC(C)C)N(CCc1ccccc1)C(=O)C(F)(F)F. The van der Waals surface area contributed by atoms with Gasteiger partial charge in [-0.25, -0.2) is 0 Å². The lowest BCUT2D eigenvalue weighted by molar-refractivity contribution is -0.187. The van der Waals surface area contributed by atoms with E-state index in [-0.39, 0.29) is 12.5 Å². The van der Waals surface area contributed by atoms with Gasteiger partial charge < -0.3 is 4.90 Å². The van der Waals surface area contributed by atoms with Crippen LogP contribution < -0.4 is 0 Å². The second-order valence-electron chi connectivity index (χ2n) is 5.95. The number of amides is 1. The van der Waals surface area contributed by atoms with Crippen LogP contribution in [0.4, 0.5) is 13.2 Å². The zero-order valence-corrected chi connectivity index (χ0v) is 13.8. The summed E-state index contributed by atoms with van der Waals surface area (Å²) in [7, 11) is 0. The van der Waals surface area contributed by atoms with E-state index in [1.807, 2.05) is 44.2 Å². The summed E-state index contributed by atoms with van der Waals surface area (Å²) in [4.78, 5) is 12.8. The summed E-state index contributed by atoms with van der Waals surface area (Å²) in [6.07, 6.45) is -0.579. The fraction of sp³-hybridized carbons (Fsp3) is 0.500. The molecule has 5 heteroatoms. The molecule has 128 valence electrons. The van der Waals surface area contributed by atoms with Crippen molar-refractivity contribution in [3.8, 4) is 0 Å². The highest BCUT2D eigenvalue weighted by Gasteiger charge is 2.44. The van der Waals surface area contributed by atoms with Gasteiger partial charge in [-0.2, -0.15) is 13.2 Å². The number of hydrogen-bond donors (Lipinski definition) is 0. The molecule has 1 amide bonds. The van der Waals surface area contributed by atoms with Gasteiger partial charge >= 0.3 is 12.1 Å². The summed E-state index contributed by atoms with van der Waals surface area (Å²) < 4.78 is 38.8. The van der Waals surface area contributed by atoms with Crippen molar-refractivity contribution in [2.24, 2.45) is 5.92 Å². The monoisotopic (exact) mass is 327 g/mol. The summed E-state index contributed by atoms with van der Waals surface area (Å²) in [5, 5.41) is 0. The third-order valence-corrected chi connectivity index (χ3v) is 3.52. The van der Waals surface area contributed by atoms with Crippen molar-refractivity contribution in [3.63, 3.8) is 0 Å². The number of hydrogen-bond acceptors (Lipinski definition) is 1. The Balaban J connectivity index is 2.97. The van der Waals surface area contributed by atoms with Gasteiger partial charge in [-0.3, -0.25) is 4.79 Å². The van der Waals surface area contributed by atoms with Gasteiger partial charge in [-0.15, -0.1) is 0 Å². The first-order valence-electron chi connectivity index (χ1n) is 7.80. The Hall–Kier alpha value is -1.78. The second-order valence-corrected chi connectivity index (χ2v) is 5.95. The third kappa shape index (κ3) is 6.47. The van der Waals surface area contributed by atoms with Gasteiger partial charge in [0.15, 0.2) is 0 Å². The van der Waals surface area contributed by atoms with Crippen LogP contribution >= 0.6 is 0 Å². The molecule has 0 saturated carbocycles. The molecule has 1 aromatic carbocycles. The Morgan fingerprint density at radius 1 is 1.22 bits per heavy atom. The maximum Gasteiger partial charge on any atom is 0.471 e. The summed E-state index contributed by atoms with van der Waals surface area (Å²) in [6, 6.07) is 8.68. The molecular formula is C18H24F3NO. The predicted molar refractivity (Wildman–Crippen MR) is 86.0 cm³/mol. The minimum absolute atomic E-state index is 0.0457. The average Bonchev–Trinajstić information content (AvgIpc) is 2.47. The molecule has 0 heterocycles. The molecule has 0 spiro atoms. The molecule has 0 aromatic heterocycles. The number of alkyl halides is 3. The zero-order valence-electron chi connectivity index (χ0n) is 13.8. The minimum Gasteiger partial charge on any atom is -0.328 e. The number of benzene rings is 1. The number of allylic oxidation sites excluding steroid dienone is 1. The van der Waals surface area contributed by atoms with E-state index in [1.165, 1.54) is 0 Å². The third-order valence-electron chi connectivity index (χ3n) is 3.52. The lowest BCUT2D eigenvalue weighted by Gasteiger charge is -2.31. The Morgan fingerprint density at radius 2 is 1.83 bits per heavy atom. The lowest BCUT2D eigenvalue weighted by atomic mass is 10.0. The highest BCUT2D eigenvalue weighted by atomic mass is 19.4. The van der Waals surface area contributed by atoms with E-state index < -0.39 is 18.1 Å². The van der Waals surface area contributed by atoms with E-state index in [4.69, 9.17) is 0 Å². The van der Waals surface area contributed by atoms with Gasteiger partial charge in [0.25, 0.3) is 0 Å². The quantitative estimate of drug-likeness (QED) is 0.670. The zero-order chi connectivity index (χ0) is 17.5. The number of rotatable bonds is 7. The fourth-order valence-electron chi connectivity index (χ4n) is 2.49. The van der Waals surface area contributed by atoms with Crippen LogP contribution in [0.1, 0.15) is 32.8 Å². The maximum absolute atomic E-state index is 12.9. The summed E-state index contributed by atoms with van der Waals surface area (Å²) in [6.45, 7) is 5.67. The predicted octanol–water partition coefficient (Wildman–Crippen LogP) is 4.61. The van der Waals surface area contributed by atoms with Crippen LogP contribution in [0, 0.1) is 5.92 Å². The smallest absolute Gasteiger partial charge is 0.328 e. The first-order chi connectivity index (χ1) is 10.8. The Kier molecular flexibility index (Phi) is 7.33. The molecule has 0 aliphatic carbocycles. The Labute approximate surface area is 136 Å². The van der Waals surface area contributed by atoms with Gasteiger partial charge in [0.1, 0.15) is 0 Å². The van der Waals surface area contributed by atoms with E-state index in [0.717, 1.165) is 10.5 Å². The molecule has 1 aromatic rings. The van der Waals surface area contributed by atoms with Crippen LogP contribution in [0.3, 0.4) is 0 Å². The summed E-state index contributed by atoms with van der Waals surface area (Å²) >= 11 is 0. The van der Waals surface area contributed by atoms with Crippen LogP contribution in [0.15, 0.2) is 42.5 Å². The molecule has 0 radical (unpaired) electrons. The van der Waals surface area contributed by atoms with E-state index in [0.29, 0.717) is 12.8 Å². The molecule has 23 heavy (non-hydrogen) atoms. The standard InChI is InChI=1S/C18H24F3NO/c1-4-8-16(13-14(2)3)22(17(23)18(19,20)21)12-11-15-9-6-5-7-10-15/h4-10,14,16H,11-13H2,1-3H3/b8-4+/t16-/m0/s1.